The number of benzene rings is 1. The fourth-order valence-electron chi connectivity index (χ4n) is 1.78. The zero-order valence-corrected chi connectivity index (χ0v) is 10.7. The second-order valence-corrected chi connectivity index (χ2v) is 4.50. The molecule has 0 amide bonds. The van der Waals surface area contributed by atoms with Crippen LogP contribution in [0.1, 0.15) is 12.8 Å². The van der Waals surface area contributed by atoms with Gasteiger partial charge in [0, 0.05) is 11.6 Å². The Balaban J connectivity index is 1.86. The molecule has 5 heteroatoms. The largest absolute Gasteiger partial charge is 0.490 e. The monoisotopic (exact) mass is 257 g/mol. The SMILES string of the molecule is COc1cc(-c2ccc(OC3CC3)cc2)nc(N)n1. The summed E-state index contributed by atoms with van der Waals surface area (Å²) in [6, 6.07) is 9.56. The van der Waals surface area contributed by atoms with Crippen LogP contribution in [0.2, 0.25) is 0 Å². The van der Waals surface area contributed by atoms with E-state index in [0.29, 0.717) is 12.0 Å². The van der Waals surface area contributed by atoms with Crippen molar-refractivity contribution in [2.45, 2.75) is 18.9 Å². The lowest BCUT2D eigenvalue weighted by Gasteiger charge is -2.07. The van der Waals surface area contributed by atoms with Crippen LogP contribution in [0.4, 0.5) is 5.95 Å². The summed E-state index contributed by atoms with van der Waals surface area (Å²) in [6.07, 6.45) is 2.71. The second kappa shape index (κ2) is 4.76. The summed E-state index contributed by atoms with van der Waals surface area (Å²) in [6.45, 7) is 0. The number of aromatic nitrogens is 2. The molecule has 1 aliphatic carbocycles. The molecule has 1 aromatic carbocycles. The van der Waals surface area contributed by atoms with Crippen molar-refractivity contribution in [1.82, 2.24) is 9.97 Å². The van der Waals surface area contributed by atoms with Crippen LogP contribution in [0.3, 0.4) is 0 Å². The van der Waals surface area contributed by atoms with Crippen molar-refractivity contribution >= 4 is 5.95 Å². The lowest BCUT2D eigenvalue weighted by molar-refractivity contribution is 0.303. The molecule has 0 unspecified atom stereocenters. The molecule has 1 fully saturated rings. The third kappa shape index (κ3) is 2.76. The lowest BCUT2D eigenvalue weighted by atomic mass is 10.1. The smallest absolute Gasteiger partial charge is 0.223 e. The Morgan fingerprint density at radius 2 is 1.89 bits per heavy atom. The lowest BCUT2D eigenvalue weighted by Crippen LogP contribution is -1.99. The van der Waals surface area contributed by atoms with Crippen molar-refractivity contribution < 1.29 is 9.47 Å². The minimum absolute atomic E-state index is 0.202. The molecule has 1 heterocycles. The van der Waals surface area contributed by atoms with Crippen LogP contribution in [-0.4, -0.2) is 23.2 Å². The number of hydrogen-bond donors (Lipinski definition) is 1. The summed E-state index contributed by atoms with van der Waals surface area (Å²) in [5.41, 5.74) is 7.34. The fourth-order valence-corrected chi connectivity index (χ4v) is 1.78. The van der Waals surface area contributed by atoms with E-state index in [2.05, 4.69) is 9.97 Å². The maximum atomic E-state index is 5.70. The van der Waals surface area contributed by atoms with Gasteiger partial charge in [-0.3, -0.25) is 0 Å². The minimum Gasteiger partial charge on any atom is -0.490 e. The van der Waals surface area contributed by atoms with Crippen LogP contribution in [0, 0.1) is 0 Å². The highest BCUT2D eigenvalue weighted by Gasteiger charge is 2.23. The Bertz CT molecular complexity index is 580. The Kier molecular flexibility index (Phi) is 2.95. The van der Waals surface area contributed by atoms with E-state index in [4.69, 9.17) is 15.2 Å². The van der Waals surface area contributed by atoms with E-state index in [-0.39, 0.29) is 5.95 Å². The molecule has 3 rings (SSSR count). The summed E-state index contributed by atoms with van der Waals surface area (Å²) >= 11 is 0. The standard InChI is InChI=1S/C14H15N3O2/c1-18-13-8-12(16-14(15)17-13)9-2-4-10(5-3-9)19-11-6-7-11/h2-5,8,11H,6-7H2,1H3,(H2,15,16,17). The molecule has 0 aliphatic heterocycles. The predicted octanol–water partition coefficient (Wildman–Crippen LogP) is 2.28. The molecule has 2 aromatic rings. The van der Waals surface area contributed by atoms with Crippen LogP contribution >= 0.6 is 0 Å². The van der Waals surface area contributed by atoms with E-state index in [1.165, 1.54) is 0 Å². The van der Waals surface area contributed by atoms with Crippen molar-refractivity contribution in [2.75, 3.05) is 12.8 Å². The highest BCUT2D eigenvalue weighted by molar-refractivity contribution is 5.62. The van der Waals surface area contributed by atoms with E-state index in [0.717, 1.165) is 29.8 Å². The van der Waals surface area contributed by atoms with Crippen LogP contribution in [0.15, 0.2) is 30.3 Å². The average molecular weight is 257 g/mol. The van der Waals surface area contributed by atoms with Gasteiger partial charge in [0.25, 0.3) is 0 Å². The minimum atomic E-state index is 0.202. The molecule has 0 spiro atoms. The van der Waals surface area contributed by atoms with Gasteiger partial charge in [-0.15, -0.1) is 0 Å². The topological polar surface area (TPSA) is 70.3 Å². The maximum Gasteiger partial charge on any atom is 0.223 e. The molecule has 0 saturated heterocycles. The van der Waals surface area contributed by atoms with Gasteiger partial charge >= 0.3 is 0 Å². The first-order valence-electron chi connectivity index (χ1n) is 6.20. The van der Waals surface area contributed by atoms with E-state index in [9.17, 15) is 0 Å². The van der Waals surface area contributed by atoms with Crippen LogP contribution in [0.25, 0.3) is 11.3 Å². The third-order valence-corrected chi connectivity index (χ3v) is 2.91. The van der Waals surface area contributed by atoms with E-state index in [1.807, 2.05) is 24.3 Å². The van der Waals surface area contributed by atoms with Gasteiger partial charge in [0.1, 0.15) is 5.75 Å². The van der Waals surface area contributed by atoms with Crippen molar-refractivity contribution in [3.8, 4) is 22.9 Å². The van der Waals surface area contributed by atoms with Gasteiger partial charge in [-0.2, -0.15) is 4.98 Å². The van der Waals surface area contributed by atoms with Gasteiger partial charge in [-0.05, 0) is 37.1 Å². The molecule has 1 aromatic heterocycles. The zero-order valence-electron chi connectivity index (χ0n) is 10.7. The van der Waals surface area contributed by atoms with Gasteiger partial charge < -0.3 is 15.2 Å². The average Bonchev–Trinajstić information content (AvgIpc) is 3.23. The Morgan fingerprint density at radius 1 is 1.16 bits per heavy atom. The second-order valence-electron chi connectivity index (χ2n) is 4.50. The van der Waals surface area contributed by atoms with Gasteiger partial charge in [-0.1, -0.05) is 0 Å². The van der Waals surface area contributed by atoms with Crippen molar-refractivity contribution in [2.24, 2.45) is 0 Å². The number of ether oxygens (including phenoxy) is 2. The quantitative estimate of drug-likeness (QED) is 0.909. The van der Waals surface area contributed by atoms with Gasteiger partial charge in [0.2, 0.25) is 11.8 Å². The molecule has 0 atom stereocenters. The highest BCUT2D eigenvalue weighted by Crippen LogP contribution is 2.29. The number of nitrogens with two attached hydrogens (primary N) is 1. The van der Waals surface area contributed by atoms with E-state index >= 15 is 0 Å². The van der Waals surface area contributed by atoms with Crippen molar-refractivity contribution in [3.63, 3.8) is 0 Å². The third-order valence-electron chi connectivity index (χ3n) is 2.91. The normalized spacial score (nSPS) is 14.2. The maximum absolute atomic E-state index is 5.70. The van der Waals surface area contributed by atoms with Crippen LogP contribution in [-0.2, 0) is 0 Å². The van der Waals surface area contributed by atoms with Crippen LogP contribution < -0.4 is 15.2 Å². The first kappa shape index (κ1) is 11.8. The van der Waals surface area contributed by atoms with Crippen molar-refractivity contribution in [3.05, 3.63) is 30.3 Å². The Hall–Kier alpha value is -2.30. The number of methoxy groups -OCH3 is 1. The molecule has 98 valence electrons. The van der Waals surface area contributed by atoms with Crippen LogP contribution in [0.5, 0.6) is 11.6 Å². The molecule has 1 saturated carbocycles. The number of nitrogens with zero attached hydrogens (tertiary/aromatic N) is 2. The van der Waals surface area contributed by atoms with E-state index in [1.54, 1.807) is 13.2 Å². The van der Waals surface area contributed by atoms with Gasteiger partial charge in [0.05, 0.1) is 18.9 Å². The molecule has 2 N–H and O–H groups in total. The number of hydrogen-bond acceptors (Lipinski definition) is 5. The summed E-state index contributed by atoms with van der Waals surface area (Å²) in [5.74, 6) is 1.55. The molecular formula is C14H15N3O2. The summed E-state index contributed by atoms with van der Waals surface area (Å²) in [4.78, 5) is 8.16. The number of anilines is 1. The molecule has 19 heavy (non-hydrogen) atoms. The van der Waals surface area contributed by atoms with Gasteiger partial charge in [-0.25, -0.2) is 4.98 Å². The Labute approximate surface area is 111 Å². The van der Waals surface area contributed by atoms with Crippen molar-refractivity contribution in [1.29, 1.82) is 0 Å². The number of nitrogen functional groups attached to an aromatic ring is 1. The summed E-state index contributed by atoms with van der Waals surface area (Å²) in [5, 5.41) is 0. The molecule has 0 radical (unpaired) electrons. The summed E-state index contributed by atoms with van der Waals surface area (Å²) < 4.78 is 10.8. The highest BCUT2D eigenvalue weighted by atomic mass is 16.5. The predicted molar refractivity (Wildman–Crippen MR) is 72.1 cm³/mol. The van der Waals surface area contributed by atoms with Gasteiger partial charge in [0.15, 0.2) is 0 Å². The first-order valence-corrected chi connectivity index (χ1v) is 6.20. The molecule has 1 aliphatic rings. The molecule has 0 bridgehead atoms. The molecule has 5 nitrogen and oxygen atoms in total. The molecular weight excluding hydrogens is 242 g/mol. The zero-order chi connectivity index (χ0) is 13.2. The Morgan fingerprint density at radius 3 is 2.53 bits per heavy atom. The first-order chi connectivity index (χ1) is 9.24. The summed E-state index contributed by atoms with van der Waals surface area (Å²) in [7, 11) is 1.55. The number of rotatable bonds is 4. The van der Waals surface area contributed by atoms with E-state index < -0.39 is 0 Å². The fraction of sp³-hybridized carbons (Fsp3) is 0.286.